The second kappa shape index (κ2) is 8.04. The van der Waals surface area contributed by atoms with Gasteiger partial charge in [-0.15, -0.1) is 0 Å². The molecule has 0 saturated heterocycles. The van der Waals surface area contributed by atoms with Crippen LogP contribution in [-0.2, 0) is 4.74 Å². The average molecular weight is 304 g/mol. The van der Waals surface area contributed by atoms with E-state index in [0.29, 0.717) is 6.61 Å². The van der Waals surface area contributed by atoms with Crippen LogP contribution in [0.3, 0.4) is 0 Å². The van der Waals surface area contributed by atoms with Gasteiger partial charge in [0, 0.05) is 12.5 Å². The van der Waals surface area contributed by atoms with Gasteiger partial charge in [0.1, 0.15) is 11.6 Å². The SMILES string of the molecule is CCCCO[C@@H](C)C(c1ccc(F)cc1)c1ccc(F)cc1. The number of unbranched alkanes of at least 4 members (excludes halogenated alkanes) is 1. The highest BCUT2D eigenvalue weighted by molar-refractivity contribution is 5.34. The molecule has 0 spiro atoms. The van der Waals surface area contributed by atoms with Crippen LogP contribution in [0.2, 0.25) is 0 Å². The molecule has 0 unspecified atom stereocenters. The summed E-state index contributed by atoms with van der Waals surface area (Å²) >= 11 is 0. The number of hydrogen-bond acceptors (Lipinski definition) is 1. The van der Waals surface area contributed by atoms with Gasteiger partial charge >= 0.3 is 0 Å². The molecule has 1 nitrogen and oxygen atoms in total. The lowest BCUT2D eigenvalue weighted by atomic mass is 9.87. The van der Waals surface area contributed by atoms with Gasteiger partial charge in [-0.1, -0.05) is 37.6 Å². The second-order valence-corrected chi connectivity index (χ2v) is 5.51. The Morgan fingerprint density at radius 1 is 0.864 bits per heavy atom. The molecular weight excluding hydrogens is 282 g/mol. The standard InChI is InChI=1S/C19H22F2O/c1-3-4-13-22-14(2)19(15-5-9-17(20)10-6-15)16-7-11-18(21)12-8-16/h5-12,14,19H,3-4,13H2,1-2H3/t14-/m0/s1. The van der Waals surface area contributed by atoms with Crippen molar-refractivity contribution in [1.82, 2.24) is 0 Å². The third-order valence-corrected chi connectivity index (χ3v) is 3.81. The fraction of sp³-hybridized carbons (Fsp3) is 0.368. The van der Waals surface area contributed by atoms with Crippen molar-refractivity contribution in [2.24, 2.45) is 0 Å². The van der Waals surface area contributed by atoms with Crippen molar-refractivity contribution >= 4 is 0 Å². The van der Waals surface area contributed by atoms with E-state index in [1.165, 1.54) is 24.3 Å². The molecule has 0 amide bonds. The van der Waals surface area contributed by atoms with Gasteiger partial charge in [-0.05, 0) is 48.7 Å². The second-order valence-electron chi connectivity index (χ2n) is 5.51. The predicted octanol–water partition coefficient (Wildman–Crippen LogP) is 5.30. The first-order valence-corrected chi connectivity index (χ1v) is 7.74. The molecule has 0 N–H and O–H groups in total. The molecule has 0 saturated carbocycles. The van der Waals surface area contributed by atoms with Gasteiger partial charge in [-0.2, -0.15) is 0 Å². The minimum absolute atomic E-state index is 0.0435. The van der Waals surface area contributed by atoms with Gasteiger partial charge in [-0.25, -0.2) is 8.78 Å². The Morgan fingerprint density at radius 3 is 1.73 bits per heavy atom. The summed E-state index contributed by atoms with van der Waals surface area (Å²) in [6, 6.07) is 12.9. The lowest BCUT2D eigenvalue weighted by Gasteiger charge is -2.25. The van der Waals surface area contributed by atoms with E-state index < -0.39 is 0 Å². The molecule has 2 aromatic rings. The highest BCUT2D eigenvalue weighted by Crippen LogP contribution is 2.30. The van der Waals surface area contributed by atoms with Crippen LogP contribution in [0, 0.1) is 11.6 Å². The molecule has 2 rings (SSSR count). The number of benzene rings is 2. The minimum atomic E-state index is -0.263. The summed E-state index contributed by atoms with van der Waals surface area (Å²) < 4.78 is 32.3. The maximum atomic E-state index is 13.2. The average Bonchev–Trinajstić information content (AvgIpc) is 2.52. The highest BCUT2D eigenvalue weighted by atomic mass is 19.1. The van der Waals surface area contributed by atoms with Crippen LogP contribution < -0.4 is 0 Å². The molecule has 0 bridgehead atoms. The van der Waals surface area contributed by atoms with Crippen LogP contribution in [0.25, 0.3) is 0 Å². The fourth-order valence-corrected chi connectivity index (χ4v) is 2.58. The van der Waals surface area contributed by atoms with Gasteiger partial charge in [0.15, 0.2) is 0 Å². The van der Waals surface area contributed by atoms with Crippen molar-refractivity contribution in [3.63, 3.8) is 0 Å². The molecule has 0 aliphatic carbocycles. The fourth-order valence-electron chi connectivity index (χ4n) is 2.58. The number of rotatable bonds is 7. The van der Waals surface area contributed by atoms with Gasteiger partial charge in [-0.3, -0.25) is 0 Å². The molecule has 118 valence electrons. The summed E-state index contributed by atoms with van der Waals surface area (Å²) in [4.78, 5) is 0. The summed E-state index contributed by atoms with van der Waals surface area (Å²) in [5, 5.41) is 0. The van der Waals surface area contributed by atoms with Crippen LogP contribution >= 0.6 is 0 Å². The van der Waals surface area contributed by atoms with Gasteiger partial charge < -0.3 is 4.74 Å². The van der Waals surface area contributed by atoms with Crippen molar-refractivity contribution in [2.75, 3.05) is 6.61 Å². The van der Waals surface area contributed by atoms with E-state index in [4.69, 9.17) is 4.74 Å². The van der Waals surface area contributed by atoms with Crippen molar-refractivity contribution in [1.29, 1.82) is 0 Å². The number of hydrogen-bond donors (Lipinski definition) is 0. The summed E-state index contributed by atoms with van der Waals surface area (Å²) in [6.07, 6.45) is 2.01. The van der Waals surface area contributed by atoms with Crippen LogP contribution in [-0.4, -0.2) is 12.7 Å². The van der Waals surface area contributed by atoms with E-state index >= 15 is 0 Å². The van der Waals surface area contributed by atoms with Crippen LogP contribution in [0.1, 0.15) is 43.7 Å². The molecule has 0 aliphatic rings. The van der Waals surface area contributed by atoms with Gasteiger partial charge in [0.05, 0.1) is 6.10 Å². The topological polar surface area (TPSA) is 9.23 Å². The minimum Gasteiger partial charge on any atom is -0.378 e. The van der Waals surface area contributed by atoms with Crippen molar-refractivity contribution < 1.29 is 13.5 Å². The monoisotopic (exact) mass is 304 g/mol. The molecule has 0 radical (unpaired) electrons. The molecule has 3 heteroatoms. The molecule has 0 aliphatic heterocycles. The Kier molecular flexibility index (Phi) is 6.08. The molecule has 2 aromatic carbocycles. The zero-order valence-electron chi connectivity index (χ0n) is 13.1. The summed E-state index contributed by atoms with van der Waals surface area (Å²) in [5.74, 6) is -0.569. The van der Waals surface area contributed by atoms with Gasteiger partial charge in [0.2, 0.25) is 0 Å². The zero-order chi connectivity index (χ0) is 15.9. The predicted molar refractivity (Wildman–Crippen MR) is 85.0 cm³/mol. The van der Waals surface area contributed by atoms with E-state index in [-0.39, 0.29) is 23.7 Å². The summed E-state index contributed by atoms with van der Waals surface area (Å²) in [7, 11) is 0. The maximum absolute atomic E-state index is 13.2. The molecule has 0 aromatic heterocycles. The third-order valence-electron chi connectivity index (χ3n) is 3.81. The number of ether oxygens (including phenoxy) is 1. The Bertz CT molecular complexity index is 517. The first-order valence-electron chi connectivity index (χ1n) is 7.74. The smallest absolute Gasteiger partial charge is 0.123 e. The van der Waals surface area contributed by atoms with E-state index in [2.05, 4.69) is 6.92 Å². The molecule has 1 atom stereocenters. The lowest BCUT2D eigenvalue weighted by Crippen LogP contribution is -2.21. The van der Waals surface area contributed by atoms with Crippen molar-refractivity contribution in [2.45, 2.75) is 38.7 Å². The number of halogens is 2. The molecule has 0 fully saturated rings. The summed E-state index contributed by atoms with van der Waals surface area (Å²) in [5.41, 5.74) is 1.94. The maximum Gasteiger partial charge on any atom is 0.123 e. The highest BCUT2D eigenvalue weighted by Gasteiger charge is 2.22. The van der Waals surface area contributed by atoms with Gasteiger partial charge in [0.25, 0.3) is 0 Å². The van der Waals surface area contributed by atoms with E-state index in [1.807, 2.05) is 6.92 Å². The van der Waals surface area contributed by atoms with Crippen LogP contribution in [0.4, 0.5) is 8.78 Å². The normalized spacial score (nSPS) is 12.6. The van der Waals surface area contributed by atoms with Crippen molar-refractivity contribution in [3.05, 3.63) is 71.3 Å². The van der Waals surface area contributed by atoms with Crippen LogP contribution in [0.15, 0.2) is 48.5 Å². The Labute approximate surface area is 130 Å². The van der Waals surface area contributed by atoms with E-state index in [0.717, 1.165) is 24.0 Å². The third kappa shape index (κ3) is 4.38. The Morgan fingerprint density at radius 2 is 1.32 bits per heavy atom. The molecular formula is C19H22F2O. The van der Waals surface area contributed by atoms with E-state index in [1.54, 1.807) is 24.3 Å². The van der Waals surface area contributed by atoms with Crippen LogP contribution in [0.5, 0.6) is 0 Å². The first kappa shape index (κ1) is 16.6. The molecule has 22 heavy (non-hydrogen) atoms. The van der Waals surface area contributed by atoms with E-state index in [9.17, 15) is 8.78 Å². The Balaban J connectivity index is 2.27. The Hall–Kier alpha value is -1.74. The summed E-state index contributed by atoms with van der Waals surface area (Å²) in [6.45, 7) is 4.81. The first-order chi connectivity index (χ1) is 10.6. The largest absolute Gasteiger partial charge is 0.378 e. The zero-order valence-corrected chi connectivity index (χ0v) is 13.1. The van der Waals surface area contributed by atoms with Crippen molar-refractivity contribution in [3.8, 4) is 0 Å². The quantitative estimate of drug-likeness (QED) is 0.631. The lowest BCUT2D eigenvalue weighted by molar-refractivity contribution is 0.0532. The molecule has 0 heterocycles.